The second-order valence-electron chi connectivity index (χ2n) is 7.12. The lowest BCUT2D eigenvalue weighted by Gasteiger charge is -2.19. The lowest BCUT2D eigenvalue weighted by molar-refractivity contribution is -0.118. The average Bonchev–Trinajstić information content (AvgIpc) is 3.17. The molecule has 0 aliphatic heterocycles. The number of aryl methyl sites for hydroxylation is 2. The Bertz CT molecular complexity index is 1120. The van der Waals surface area contributed by atoms with E-state index in [4.69, 9.17) is 4.98 Å². The van der Waals surface area contributed by atoms with Crippen molar-refractivity contribution in [3.63, 3.8) is 0 Å². The number of amides is 1. The zero-order valence-corrected chi connectivity index (χ0v) is 17.4. The Labute approximate surface area is 174 Å². The van der Waals surface area contributed by atoms with Crippen LogP contribution in [0.4, 0.5) is 5.13 Å². The van der Waals surface area contributed by atoms with E-state index in [-0.39, 0.29) is 5.91 Å². The SMILES string of the molecule is CCc1ccc2nc(N(Cc3ccccn3)C(=O)Cc3ccc(C)cc3)sc2c1. The van der Waals surface area contributed by atoms with Crippen LogP contribution in [-0.2, 0) is 24.2 Å². The number of aromatic nitrogens is 2. The Morgan fingerprint density at radius 1 is 1.03 bits per heavy atom. The van der Waals surface area contributed by atoms with Crippen molar-refractivity contribution in [2.45, 2.75) is 33.2 Å². The average molecular weight is 402 g/mol. The summed E-state index contributed by atoms with van der Waals surface area (Å²) in [4.78, 5) is 24.2. The summed E-state index contributed by atoms with van der Waals surface area (Å²) >= 11 is 1.56. The molecule has 2 aromatic carbocycles. The number of thiazole rings is 1. The second-order valence-corrected chi connectivity index (χ2v) is 8.12. The molecular weight excluding hydrogens is 378 g/mol. The Morgan fingerprint density at radius 2 is 1.83 bits per heavy atom. The maximum atomic E-state index is 13.3. The van der Waals surface area contributed by atoms with E-state index in [1.165, 1.54) is 11.1 Å². The number of rotatable bonds is 6. The molecule has 0 aliphatic rings. The molecule has 29 heavy (non-hydrogen) atoms. The number of benzene rings is 2. The van der Waals surface area contributed by atoms with Gasteiger partial charge in [-0.05, 0) is 48.7 Å². The third-order valence-corrected chi connectivity index (χ3v) is 5.95. The molecule has 0 atom stereocenters. The zero-order chi connectivity index (χ0) is 20.2. The molecule has 2 aromatic heterocycles. The van der Waals surface area contributed by atoms with E-state index < -0.39 is 0 Å². The first kappa shape index (κ1) is 19.3. The fraction of sp³-hybridized carbons (Fsp3) is 0.208. The smallest absolute Gasteiger partial charge is 0.233 e. The summed E-state index contributed by atoms with van der Waals surface area (Å²) in [7, 11) is 0. The van der Waals surface area contributed by atoms with Crippen LogP contribution in [0.1, 0.15) is 29.3 Å². The number of carbonyl (C=O) groups is 1. The first-order valence-electron chi connectivity index (χ1n) is 9.77. The molecule has 4 nitrogen and oxygen atoms in total. The number of carbonyl (C=O) groups excluding carboxylic acids is 1. The van der Waals surface area contributed by atoms with Gasteiger partial charge in [-0.15, -0.1) is 0 Å². The van der Waals surface area contributed by atoms with Crippen molar-refractivity contribution in [3.8, 4) is 0 Å². The fourth-order valence-corrected chi connectivity index (χ4v) is 4.23. The van der Waals surface area contributed by atoms with Crippen LogP contribution >= 0.6 is 11.3 Å². The monoisotopic (exact) mass is 401 g/mol. The Morgan fingerprint density at radius 3 is 2.55 bits per heavy atom. The molecule has 0 bridgehead atoms. The van der Waals surface area contributed by atoms with E-state index in [1.54, 1.807) is 22.4 Å². The van der Waals surface area contributed by atoms with Crippen molar-refractivity contribution < 1.29 is 4.79 Å². The van der Waals surface area contributed by atoms with E-state index in [9.17, 15) is 4.79 Å². The van der Waals surface area contributed by atoms with Crippen LogP contribution in [0.5, 0.6) is 0 Å². The van der Waals surface area contributed by atoms with Crippen molar-refractivity contribution in [2.24, 2.45) is 0 Å². The third kappa shape index (κ3) is 4.51. The summed E-state index contributed by atoms with van der Waals surface area (Å²) in [6.45, 7) is 4.60. The minimum atomic E-state index is 0.0225. The van der Waals surface area contributed by atoms with Crippen LogP contribution in [0, 0.1) is 6.92 Å². The minimum absolute atomic E-state index is 0.0225. The van der Waals surface area contributed by atoms with E-state index in [0.717, 1.165) is 33.0 Å². The predicted molar refractivity (Wildman–Crippen MR) is 119 cm³/mol. The van der Waals surface area contributed by atoms with Gasteiger partial charge in [0.05, 0.1) is 28.9 Å². The van der Waals surface area contributed by atoms with E-state index in [2.05, 4.69) is 24.0 Å². The Kier molecular flexibility index (Phi) is 5.67. The standard InChI is InChI=1S/C24H23N3OS/c1-3-18-11-12-21-22(14-18)29-24(26-21)27(16-20-6-4-5-13-25-20)23(28)15-19-9-7-17(2)8-10-19/h4-14H,3,15-16H2,1-2H3. The highest BCUT2D eigenvalue weighted by atomic mass is 32.1. The largest absolute Gasteiger partial charge is 0.282 e. The molecule has 4 rings (SSSR count). The van der Waals surface area contributed by atoms with Crippen molar-refractivity contribution in [2.75, 3.05) is 4.90 Å². The zero-order valence-electron chi connectivity index (χ0n) is 16.6. The van der Waals surface area contributed by atoms with Crippen LogP contribution in [0.25, 0.3) is 10.2 Å². The lowest BCUT2D eigenvalue weighted by Crippen LogP contribution is -2.32. The predicted octanol–water partition coefficient (Wildman–Crippen LogP) is 5.34. The maximum Gasteiger partial charge on any atom is 0.233 e. The Balaban J connectivity index is 1.67. The van der Waals surface area contributed by atoms with Gasteiger partial charge in [-0.25, -0.2) is 4.98 Å². The van der Waals surface area contributed by atoms with Gasteiger partial charge < -0.3 is 0 Å². The molecule has 0 unspecified atom stereocenters. The van der Waals surface area contributed by atoms with Crippen molar-refractivity contribution >= 4 is 32.6 Å². The van der Waals surface area contributed by atoms with Crippen LogP contribution < -0.4 is 4.90 Å². The number of pyridine rings is 1. The molecule has 146 valence electrons. The van der Waals surface area contributed by atoms with Crippen LogP contribution in [0.3, 0.4) is 0 Å². The number of hydrogen-bond acceptors (Lipinski definition) is 4. The van der Waals surface area contributed by atoms with E-state index in [1.807, 2.05) is 55.5 Å². The first-order chi connectivity index (χ1) is 14.1. The van der Waals surface area contributed by atoms with Gasteiger partial charge >= 0.3 is 0 Å². The van der Waals surface area contributed by atoms with Gasteiger partial charge in [0.15, 0.2) is 5.13 Å². The van der Waals surface area contributed by atoms with Crippen LogP contribution in [-0.4, -0.2) is 15.9 Å². The first-order valence-corrected chi connectivity index (χ1v) is 10.6. The molecule has 0 fully saturated rings. The fourth-order valence-electron chi connectivity index (χ4n) is 3.18. The van der Waals surface area contributed by atoms with Crippen molar-refractivity contribution in [3.05, 3.63) is 89.2 Å². The number of anilines is 1. The molecule has 0 radical (unpaired) electrons. The molecule has 5 heteroatoms. The van der Waals surface area contributed by atoms with Gasteiger partial charge in [-0.3, -0.25) is 14.7 Å². The van der Waals surface area contributed by atoms with Gasteiger partial charge in [-0.1, -0.05) is 60.2 Å². The van der Waals surface area contributed by atoms with Gasteiger partial charge in [0.25, 0.3) is 0 Å². The van der Waals surface area contributed by atoms with Crippen LogP contribution in [0.2, 0.25) is 0 Å². The molecule has 0 aliphatic carbocycles. The van der Waals surface area contributed by atoms with Gasteiger partial charge in [0, 0.05) is 6.20 Å². The summed E-state index contributed by atoms with van der Waals surface area (Å²) in [6, 6.07) is 20.2. The summed E-state index contributed by atoms with van der Waals surface area (Å²) in [5, 5.41) is 0.719. The summed E-state index contributed by atoms with van der Waals surface area (Å²) in [5.41, 5.74) is 5.23. The molecule has 1 amide bonds. The minimum Gasteiger partial charge on any atom is -0.282 e. The summed E-state index contributed by atoms with van der Waals surface area (Å²) < 4.78 is 1.11. The maximum absolute atomic E-state index is 13.3. The van der Waals surface area contributed by atoms with Crippen molar-refractivity contribution in [1.82, 2.24) is 9.97 Å². The summed E-state index contributed by atoms with van der Waals surface area (Å²) in [6.07, 6.45) is 3.07. The Hall–Kier alpha value is -3.05. The van der Waals surface area contributed by atoms with Gasteiger partial charge in [0.2, 0.25) is 5.91 Å². The molecule has 2 heterocycles. The second kappa shape index (κ2) is 8.53. The molecule has 0 spiro atoms. The topological polar surface area (TPSA) is 46.1 Å². The molecule has 0 saturated carbocycles. The number of nitrogens with zero attached hydrogens (tertiary/aromatic N) is 3. The number of hydrogen-bond donors (Lipinski definition) is 0. The molecule has 0 N–H and O–H groups in total. The van der Waals surface area contributed by atoms with Crippen LogP contribution in [0.15, 0.2) is 66.9 Å². The van der Waals surface area contributed by atoms with E-state index >= 15 is 0 Å². The molecular formula is C24H23N3OS. The molecule has 4 aromatic rings. The van der Waals surface area contributed by atoms with Gasteiger partial charge in [-0.2, -0.15) is 0 Å². The lowest BCUT2D eigenvalue weighted by atomic mass is 10.1. The number of fused-ring (bicyclic) bond motifs is 1. The van der Waals surface area contributed by atoms with Gasteiger partial charge in [0.1, 0.15) is 0 Å². The third-order valence-electron chi connectivity index (χ3n) is 4.90. The van der Waals surface area contributed by atoms with Crippen molar-refractivity contribution in [1.29, 1.82) is 0 Å². The summed E-state index contributed by atoms with van der Waals surface area (Å²) in [5.74, 6) is 0.0225. The highest BCUT2D eigenvalue weighted by Crippen LogP contribution is 2.31. The molecule has 0 saturated heterocycles. The van der Waals surface area contributed by atoms with E-state index in [0.29, 0.717) is 13.0 Å². The highest BCUT2D eigenvalue weighted by Gasteiger charge is 2.21. The highest BCUT2D eigenvalue weighted by molar-refractivity contribution is 7.22. The quantitative estimate of drug-likeness (QED) is 0.438. The normalized spacial score (nSPS) is 11.0.